The summed E-state index contributed by atoms with van der Waals surface area (Å²) < 4.78 is 28.6. The second-order valence-corrected chi connectivity index (χ2v) is 6.28. The minimum atomic E-state index is -3.41. The number of hydrogen-bond acceptors (Lipinski definition) is 3. The van der Waals surface area contributed by atoms with Gasteiger partial charge >= 0.3 is 0 Å². The van der Waals surface area contributed by atoms with Gasteiger partial charge in [-0.2, -0.15) is 0 Å². The molecular formula is C12H23N3O2S. The number of rotatable bonds is 7. The van der Waals surface area contributed by atoms with Crippen molar-refractivity contribution in [3.05, 3.63) is 18.0 Å². The van der Waals surface area contributed by atoms with Gasteiger partial charge in [0, 0.05) is 32.0 Å². The normalized spacial score (nSPS) is 12.3. The molecule has 0 saturated heterocycles. The van der Waals surface area contributed by atoms with E-state index in [1.807, 2.05) is 0 Å². The van der Waals surface area contributed by atoms with Crippen LogP contribution in [0.3, 0.4) is 0 Å². The molecule has 18 heavy (non-hydrogen) atoms. The largest absolute Gasteiger partial charge is 0.352 e. The number of nitrogens with zero attached hydrogens (tertiary/aromatic N) is 1. The van der Waals surface area contributed by atoms with Gasteiger partial charge in [0.05, 0.1) is 4.90 Å². The third-order valence-corrected chi connectivity index (χ3v) is 4.71. The summed E-state index contributed by atoms with van der Waals surface area (Å²) in [5.74, 6) is 0.387. The molecule has 0 radical (unpaired) electrons. The molecular weight excluding hydrogens is 250 g/mol. The summed E-state index contributed by atoms with van der Waals surface area (Å²) in [6, 6.07) is 1.62. The number of nitrogens with two attached hydrogens (primary N) is 1. The van der Waals surface area contributed by atoms with Crippen LogP contribution in [-0.4, -0.2) is 19.5 Å². The van der Waals surface area contributed by atoms with Crippen LogP contribution in [0.5, 0.6) is 0 Å². The van der Waals surface area contributed by atoms with E-state index in [2.05, 4.69) is 18.6 Å². The molecule has 0 aromatic carbocycles. The Morgan fingerprint density at radius 3 is 2.44 bits per heavy atom. The van der Waals surface area contributed by atoms with Crippen LogP contribution in [0, 0.1) is 5.92 Å². The molecule has 0 aliphatic rings. The van der Waals surface area contributed by atoms with Gasteiger partial charge in [-0.3, -0.25) is 0 Å². The number of hydrogen-bond donors (Lipinski definition) is 2. The van der Waals surface area contributed by atoms with Crippen LogP contribution >= 0.6 is 0 Å². The first kappa shape index (κ1) is 15.2. The van der Waals surface area contributed by atoms with Crippen LogP contribution in [0.4, 0.5) is 0 Å². The van der Waals surface area contributed by atoms with E-state index in [9.17, 15) is 8.42 Å². The quantitative estimate of drug-likeness (QED) is 0.783. The summed E-state index contributed by atoms with van der Waals surface area (Å²) in [6.45, 7) is 4.95. The van der Waals surface area contributed by atoms with E-state index in [4.69, 9.17) is 5.73 Å². The Balaban J connectivity index is 2.79. The van der Waals surface area contributed by atoms with Crippen LogP contribution in [0.1, 0.15) is 32.4 Å². The van der Waals surface area contributed by atoms with Crippen molar-refractivity contribution in [3.8, 4) is 0 Å². The van der Waals surface area contributed by atoms with Gasteiger partial charge in [-0.1, -0.05) is 26.7 Å². The van der Waals surface area contributed by atoms with Crippen molar-refractivity contribution in [2.24, 2.45) is 18.7 Å². The molecule has 1 aromatic rings. The van der Waals surface area contributed by atoms with E-state index < -0.39 is 10.0 Å². The lowest BCUT2D eigenvalue weighted by Crippen LogP contribution is -2.28. The van der Waals surface area contributed by atoms with Gasteiger partial charge in [-0.05, 0) is 12.0 Å². The van der Waals surface area contributed by atoms with E-state index in [0.29, 0.717) is 19.0 Å². The monoisotopic (exact) mass is 273 g/mol. The van der Waals surface area contributed by atoms with Gasteiger partial charge in [0.25, 0.3) is 0 Å². The van der Waals surface area contributed by atoms with E-state index in [1.54, 1.807) is 23.9 Å². The fourth-order valence-electron chi connectivity index (χ4n) is 1.82. The van der Waals surface area contributed by atoms with Crippen molar-refractivity contribution in [2.75, 3.05) is 6.54 Å². The molecule has 0 atom stereocenters. The highest BCUT2D eigenvalue weighted by atomic mass is 32.2. The molecule has 6 heteroatoms. The Kier molecular flexibility index (Phi) is 5.37. The molecule has 3 N–H and O–H groups in total. The van der Waals surface area contributed by atoms with Gasteiger partial charge in [0.15, 0.2) is 0 Å². The van der Waals surface area contributed by atoms with Crippen LogP contribution in [0.15, 0.2) is 17.2 Å². The Labute approximate surface area is 109 Å². The predicted molar refractivity (Wildman–Crippen MR) is 72.6 cm³/mol. The lowest BCUT2D eigenvalue weighted by atomic mass is 10.0. The van der Waals surface area contributed by atoms with Crippen molar-refractivity contribution in [1.29, 1.82) is 0 Å². The third kappa shape index (κ3) is 3.57. The molecule has 0 unspecified atom stereocenters. The Morgan fingerprint density at radius 1 is 1.39 bits per heavy atom. The standard InChI is InChI=1S/C12H23N3O2S/c1-4-10(5-2)8-14-18(16,17)12-6-11(7-13)15(3)9-12/h6,9-10,14H,4-5,7-8,13H2,1-3H3. The SMILES string of the molecule is CCC(CC)CNS(=O)(=O)c1cc(CN)n(C)c1. The van der Waals surface area contributed by atoms with Crippen molar-refractivity contribution in [1.82, 2.24) is 9.29 Å². The van der Waals surface area contributed by atoms with Crippen LogP contribution < -0.4 is 10.5 Å². The smallest absolute Gasteiger partial charge is 0.242 e. The zero-order valence-electron chi connectivity index (χ0n) is 11.3. The zero-order chi connectivity index (χ0) is 13.8. The van der Waals surface area contributed by atoms with Crippen LogP contribution in [0.25, 0.3) is 0 Å². The van der Waals surface area contributed by atoms with Gasteiger partial charge in [0.2, 0.25) is 10.0 Å². The fraction of sp³-hybridized carbons (Fsp3) is 0.667. The van der Waals surface area contributed by atoms with E-state index >= 15 is 0 Å². The lowest BCUT2D eigenvalue weighted by molar-refractivity contribution is 0.479. The second kappa shape index (κ2) is 6.36. The lowest BCUT2D eigenvalue weighted by Gasteiger charge is -2.12. The van der Waals surface area contributed by atoms with Crippen molar-refractivity contribution in [3.63, 3.8) is 0 Å². The Bertz CT molecular complexity index is 476. The van der Waals surface area contributed by atoms with Gasteiger partial charge in [0.1, 0.15) is 0 Å². The van der Waals surface area contributed by atoms with Crippen molar-refractivity contribution >= 4 is 10.0 Å². The third-order valence-electron chi connectivity index (χ3n) is 3.32. The molecule has 0 spiro atoms. The molecule has 1 rings (SSSR count). The molecule has 0 amide bonds. The maximum absolute atomic E-state index is 12.1. The van der Waals surface area contributed by atoms with Gasteiger partial charge in [-0.25, -0.2) is 13.1 Å². The fourth-order valence-corrected chi connectivity index (χ4v) is 3.03. The summed E-state index contributed by atoms with van der Waals surface area (Å²) in [5, 5.41) is 0. The Hall–Kier alpha value is -0.850. The minimum absolute atomic E-state index is 0.288. The first-order valence-electron chi connectivity index (χ1n) is 6.29. The minimum Gasteiger partial charge on any atom is -0.352 e. The number of sulfonamides is 1. The van der Waals surface area contributed by atoms with E-state index in [-0.39, 0.29) is 4.90 Å². The molecule has 0 fully saturated rings. The number of aryl methyl sites for hydroxylation is 1. The first-order chi connectivity index (χ1) is 8.44. The van der Waals surface area contributed by atoms with Crippen molar-refractivity contribution in [2.45, 2.75) is 38.1 Å². The molecule has 0 saturated carbocycles. The summed E-state index contributed by atoms with van der Waals surface area (Å²) in [7, 11) is -1.62. The molecule has 104 valence electrons. The highest BCUT2D eigenvalue weighted by Crippen LogP contribution is 2.14. The van der Waals surface area contributed by atoms with Gasteiger partial charge < -0.3 is 10.3 Å². The molecule has 5 nitrogen and oxygen atoms in total. The maximum Gasteiger partial charge on any atom is 0.242 e. The predicted octanol–water partition coefficient (Wildman–Crippen LogP) is 1.20. The average Bonchev–Trinajstić information content (AvgIpc) is 2.72. The summed E-state index contributed by atoms with van der Waals surface area (Å²) in [5.41, 5.74) is 6.34. The maximum atomic E-state index is 12.1. The first-order valence-corrected chi connectivity index (χ1v) is 7.77. The molecule has 0 bridgehead atoms. The molecule has 0 aliphatic carbocycles. The van der Waals surface area contributed by atoms with Gasteiger partial charge in [-0.15, -0.1) is 0 Å². The van der Waals surface area contributed by atoms with Crippen LogP contribution in [0.2, 0.25) is 0 Å². The number of aromatic nitrogens is 1. The summed E-state index contributed by atoms with van der Waals surface area (Å²) in [6.07, 6.45) is 3.54. The summed E-state index contributed by atoms with van der Waals surface area (Å²) in [4.78, 5) is 0.288. The molecule has 1 heterocycles. The molecule has 1 aromatic heterocycles. The van der Waals surface area contributed by atoms with Crippen LogP contribution in [-0.2, 0) is 23.6 Å². The summed E-state index contributed by atoms with van der Waals surface area (Å²) >= 11 is 0. The highest BCUT2D eigenvalue weighted by molar-refractivity contribution is 7.89. The average molecular weight is 273 g/mol. The Morgan fingerprint density at radius 2 is 2.00 bits per heavy atom. The van der Waals surface area contributed by atoms with E-state index in [0.717, 1.165) is 18.5 Å². The number of nitrogens with one attached hydrogen (secondary N) is 1. The second-order valence-electron chi connectivity index (χ2n) is 4.52. The zero-order valence-corrected chi connectivity index (χ0v) is 12.1. The van der Waals surface area contributed by atoms with E-state index in [1.165, 1.54) is 0 Å². The molecule has 0 aliphatic heterocycles. The van der Waals surface area contributed by atoms with Crippen molar-refractivity contribution < 1.29 is 8.42 Å². The topological polar surface area (TPSA) is 77.1 Å². The highest BCUT2D eigenvalue weighted by Gasteiger charge is 2.18.